The maximum Gasteiger partial charge on any atom is 0.326 e. The van der Waals surface area contributed by atoms with Crippen LogP contribution in [0.15, 0.2) is 25.0 Å². The van der Waals surface area contributed by atoms with Crippen molar-refractivity contribution in [2.45, 2.75) is 63.7 Å². The second-order valence-electron chi connectivity index (χ2n) is 8.67. The Morgan fingerprint density at radius 2 is 1.35 bits per heavy atom. The molecule has 4 amide bonds. The van der Waals surface area contributed by atoms with Crippen molar-refractivity contribution in [3.8, 4) is 0 Å². The summed E-state index contributed by atoms with van der Waals surface area (Å²) >= 11 is 0. The van der Waals surface area contributed by atoms with Crippen LogP contribution in [0.2, 0.25) is 0 Å². The number of nitrogens with two attached hydrogens (primary N) is 2. The highest BCUT2D eigenvalue weighted by atomic mass is 16.4. The summed E-state index contributed by atoms with van der Waals surface area (Å²) in [6, 6.07) is -4.88. The predicted molar refractivity (Wildman–Crippen MR) is 129 cm³/mol. The van der Waals surface area contributed by atoms with Crippen LogP contribution in [0.25, 0.3) is 0 Å². The van der Waals surface area contributed by atoms with E-state index in [0.29, 0.717) is 17.8 Å². The van der Waals surface area contributed by atoms with E-state index in [4.69, 9.17) is 11.5 Å². The third kappa shape index (κ3) is 9.03. The zero-order valence-corrected chi connectivity index (χ0v) is 20.6. The molecular weight excluding hydrogens is 486 g/mol. The van der Waals surface area contributed by atoms with Crippen LogP contribution < -0.4 is 27.4 Å². The fraction of sp³-hybridized carbons (Fsp3) is 0.500. The molecule has 0 radical (unpaired) electrons. The quantitative estimate of drug-likeness (QED) is 0.126. The summed E-state index contributed by atoms with van der Waals surface area (Å²) in [4.78, 5) is 75.2. The van der Waals surface area contributed by atoms with E-state index in [9.17, 15) is 29.1 Å². The highest BCUT2D eigenvalue weighted by Crippen LogP contribution is 2.08. The minimum absolute atomic E-state index is 0.0165. The van der Waals surface area contributed by atoms with Gasteiger partial charge in [-0.05, 0) is 5.92 Å². The number of aromatic amines is 2. The summed E-state index contributed by atoms with van der Waals surface area (Å²) in [6.45, 7) is 3.69. The molecule has 0 saturated heterocycles. The molecule has 202 valence electrons. The third-order valence-corrected chi connectivity index (χ3v) is 5.80. The summed E-state index contributed by atoms with van der Waals surface area (Å²) in [6.07, 6.45) is 5.64. The van der Waals surface area contributed by atoms with Gasteiger partial charge in [0.15, 0.2) is 0 Å². The van der Waals surface area contributed by atoms with Gasteiger partial charge in [-0.2, -0.15) is 0 Å². The molecule has 0 saturated carbocycles. The van der Waals surface area contributed by atoms with E-state index in [1.165, 1.54) is 25.0 Å². The Morgan fingerprint density at radius 1 is 0.892 bits per heavy atom. The molecule has 2 aromatic heterocycles. The number of hydrogen-bond donors (Lipinski definition) is 8. The van der Waals surface area contributed by atoms with Crippen molar-refractivity contribution in [3.05, 3.63) is 36.4 Å². The molecule has 15 heteroatoms. The molecular formula is C22H33N9O6. The number of primary amides is 1. The standard InChI is InChI=1S/C22H33N9O6/c1-3-11(2)18(24)21(35)30-15(5-13-8-26-10-28-13)19(33)29-14(4-12-7-25-9-27-12)20(34)31-16(22(36)37)6-17(23)32/h7-11,14-16,18H,3-6,24H2,1-2H3,(H2,23,32)(H,25,27)(H,26,28)(H,29,33)(H,30,35)(H,31,34)(H,36,37). The van der Waals surface area contributed by atoms with Crippen LogP contribution in [-0.4, -0.2) is 78.8 Å². The van der Waals surface area contributed by atoms with Gasteiger partial charge in [0.2, 0.25) is 23.6 Å². The number of nitrogens with zero attached hydrogens (tertiary/aromatic N) is 2. The number of hydrogen-bond acceptors (Lipinski definition) is 8. The summed E-state index contributed by atoms with van der Waals surface area (Å²) in [7, 11) is 0. The van der Waals surface area contributed by atoms with Crippen molar-refractivity contribution in [1.29, 1.82) is 0 Å². The molecule has 10 N–H and O–H groups in total. The SMILES string of the molecule is CCC(C)C(N)C(=O)NC(Cc1cnc[nH]1)C(=O)NC(Cc1cnc[nH]1)C(=O)NC(CC(N)=O)C(=O)O. The summed E-state index contributed by atoms with van der Waals surface area (Å²) < 4.78 is 0. The Bertz CT molecular complexity index is 1060. The third-order valence-electron chi connectivity index (χ3n) is 5.80. The van der Waals surface area contributed by atoms with Gasteiger partial charge in [-0.3, -0.25) is 19.2 Å². The van der Waals surface area contributed by atoms with Crippen molar-refractivity contribution in [1.82, 2.24) is 35.9 Å². The first-order valence-corrected chi connectivity index (χ1v) is 11.6. The van der Waals surface area contributed by atoms with Gasteiger partial charge in [0.1, 0.15) is 18.1 Å². The molecule has 0 bridgehead atoms. The Hall–Kier alpha value is -4.27. The van der Waals surface area contributed by atoms with Crippen molar-refractivity contribution in [3.63, 3.8) is 0 Å². The molecule has 0 aliphatic carbocycles. The van der Waals surface area contributed by atoms with Crippen LogP contribution in [-0.2, 0) is 36.8 Å². The number of carboxylic acids is 1. The highest BCUT2D eigenvalue weighted by molar-refractivity contribution is 5.95. The van der Waals surface area contributed by atoms with Crippen LogP contribution in [0.1, 0.15) is 38.1 Å². The number of carbonyl (C=O) groups is 5. The molecule has 0 aromatic carbocycles. The first-order valence-electron chi connectivity index (χ1n) is 11.6. The second kappa shape index (κ2) is 13.7. The van der Waals surface area contributed by atoms with Crippen molar-refractivity contribution < 1.29 is 29.1 Å². The summed E-state index contributed by atoms with van der Waals surface area (Å²) in [5.41, 5.74) is 12.1. The van der Waals surface area contributed by atoms with Crippen LogP contribution in [0, 0.1) is 5.92 Å². The second-order valence-corrected chi connectivity index (χ2v) is 8.67. The minimum Gasteiger partial charge on any atom is -0.480 e. The van der Waals surface area contributed by atoms with Crippen molar-refractivity contribution in [2.24, 2.45) is 17.4 Å². The molecule has 2 rings (SSSR count). The molecule has 5 unspecified atom stereocenters. The minimum atomic E-state index is -1.60. The van der Waals surface area contributed by atoms with Crippen LogP contribution >= 0.6 is 0 Å². The number of aromatic nitrogens is 4. The lowest BCUT2D eigenvalue weighted by Gasteiger charge is -2.25. The number of aliphatic carboxylic acids is 1. The molecule has 37 heavy (non-hydrogen) atoms. The Labute approximate surface area is 212 Å². The summed E-state index contributed by atoms with van der Waals surface area (Å²) in [5, 5.41) is 16.7. The van der Waals surface area contributed by atoms with E-state index < -0.39 is 60.2 Å². The fourth-order valence-electron chi connectivity index (χ4n) is 3.38. The largest absolute Gasteiger partial charge is 0.480 e. The zero-order valence-electron chi connectivity index (χ0n) is 20.6. The van der Waals surface area contributed by atoms with Gasteiger partial charge < -0.3 is 42.5 Å². The average molecular weight is 520 g/mol. The van der Waals surface area contributed by atoms with E-state index in [2.05, 4.69) is 35.9 Å². The lowest BCUT2D eigenvalue weighted by Crippen LogP contribution is -2.58. The highest BCUT2D eigenvalue weighted by Gasteiger charge is 2.32. The Morgan fingerprint density at radius 3 is 1.73 bits per heavy atom. The van der Waals surface area contributed by atoms with Crippen LogP contribution in [0.3, 0.4) is 0 Å². The molecule has 15 nitrogen and oxygen atoms in total. The molecule has 5 atom stereocenters. The number of H-pyrrole nitrogens is 2. The number of imidazole rings is 2. The Balaban J connectivity index is 2.25. The molecule has 0 aliphatic rings. The van der Waals surface area contributed by atoms with E-state index in [1.807, 2.05) is 13.8 Å². The Kier molecular flexibility index (Phi) is 10.7. The molecule has 2 aromatic rings. The molecule has 2 heterocycles. The molecule has 0 aliphatic heterocycles. The smallest absolute Gasteiger partial charge is 0.326 e. The van der Waals surface area contributed by atoms with Gasteiger partial charge in [0, 0.05) is 36.6 Å². The van der Waals surface area contributed by atoms with Gasteiger partial charge >= 0.3 is 5.97 Å². The van der Waals surface area contributed by atoms with E-state index in [0.717, 1.165) is 0 Å². The van der Waals surface area contributed by atoms with Crippen molar-refractivity contribution >= 4 is 29.6 Å². The van der Waals surface area contributed by atoms with Gasteiger partial charge in [-0.25, -0.2) is 14.8 Å². The molecule has 0 fully saturated rings. The maximum atomic E-state index is 13.3. The predicted octanol–water partition coefficient (Wildman–Crippen LogP) is -2.29. The fourth-order valence-corrected chi connectivity index (χ4v) is 3.38. The van der Waals surface area contributed by atoms with E-state index in [-0.39, 0.29) is 18.8 Å². The van der Waals surface area contributed by atoms with Gasteiger partial charge in [0.05, 0.1) is 25.1 Å². The first-order chi connectivity index (χ1) is 17.5. The average Bonchev–Trinajstić information content (AvgIpc) is 3.55. The lowest BCUT2D eigenvalue weighted by atomic mass is 9.98. The summed E-state index contributed by atoms with van der Waals surface area (Å²) in [5.74, 6) is -4.69. The van der Waals surface area contributed by atoms with E-state index >= 15 is 0 Å². The monoisotopic (exact) mass is 519 g/mol. The topological polar surface area (TPSA) is 251 Å². The molecule has 0 spiro atoms. The van der Waals surface area contributed by atoms with Gasteiger partial charge in [-0.15, -0.1) is 0 Å². The van der Waals surface area contributed by atoms with Crippen molar-refractivity contribution in [2.75, 3.05) is 0 Å². The number of amides is 4. The first kappa shape index (κ1) is 29.0. The number of rotatable bonds is 15. The van der Waals surface area contributed by atoms with Gasteiger partial charge in [-0.1, -0.05) is 20.3 Å². The zero-order chi connectivity index (χ0) is 27.5. The van der Waals surface area contributed by atoms with Crippen LogP contribution in [0.5, 0.6) is 0 Å². The number of nitrogens with one attached hydrogen (secondary N) is 5. The normalized spacial score (nSPS) is 15.0. The number of carboxylic acid groups (broad SMARTS) is 1. The number of carbonyl (C=O) groups excluding carboxylic acids is 4. The maximum absolute atomic E-state index is 13.3. The van der Waals surface area contributed by atoms with Crippen LogP contribution in [0.4, 0.5) is 0 Å². The lowest BCUT2D eigenvalue weighted by molar-refractivity contribution is -0.143. The van der Waals surface area contributed by atoms with Gasteiger partial charge in [0.25, 0.3) is 0 Å². The van der Waals surface area contributed by atoms with E-state index in [1.54, 1.807) is 0 Å².